The van der Waals surface area contributed by atoms with Gasteiger partial charge in [-0.05, 0) is 12.8 Å². The number of aliphatic carboxylic acids is 2. The predicted molar refractivity (Wildman–Crippen MR) is 45.0 cm³/mol. The number of hydrogen-bond donors (Lipinski definition) is 2. The van der Waals surface area contributed by atoms with E-state index >= 15 is 0 Å². The fourth-order valence-electron chi connectivity index (χ4n) is 0.517. The van der Waals surface area contributed by atoms with Gasteiger partial charge in [0.25, 0.3) is 0 Å². The number of carbonyl (C=O) groups excluding carboxylic acids is 2. The highest BCUT2D eigenvalue weighted by atomic mass is 16.4. The Labute approximate surface area is 77.1 Å². The highest BCUT2D eigenvalue weighted by molar-refractivity contribution is 5.72. The molecule has 0 amide bonds. The van der Waals surface area contributed by atoms with E-state index in [1.807, 2.05) is 0 Å². The largest absolute Gasteiger partial charge is 0.550 e. The first-order chi connectivity index (χ1) is 4.86. The van der Waals surface area contributed by atoms with Crippen LogP contribution in [0.4, 0.5) is 0 Å². The molecule has 6 nitrogen and oxygen atoms in total. The molecule has 0 aliphatic heterocycles. The van der Waals surface area contributed by atoms with Crippen molar-refractivity contribution in [3.8, 4) is 0 Å². The van der Waals surface area contributed by atoms with Gasteiger partial charge in [0.05, 0.1) is 0 Å². The van der Waals surface area contributed by atoms with Gasteiger partial charge < -0.3 is 32.1 Å². The first-order valence-corrected chi connectivity index (χ1v) is 3.27. The van der Waals surface area contributed by atoms with Crippen LogP contribution in [0.2, 0.25) is 0 Å². The third-order valence-electron chi connectivity index (χ3n) is 1.51. The Morgan fingerprint density at radius 3 is 1.77 bits per heavy atom. The van der Waals surface area contributed by atoms with Crippen LogP contribution in [0.1, 0.15) is 26.7 Å². The molecule has 0 aliphatic carbocycles. The lowest BCUT2D eigenvalue weighted by Crippen LogP contribution is -2.39. The first kappa shape index (κ1) is 17.8. The predicted octanol–water partition coefficient (Wildman–Crippen LogP) is -0.955. The van der Waals surface area contributed by atoms with E-state index in [1.54, 1.807) is 0 Å². The molecular weight excluding hydrogens is 176 g/mol. The minimum Gasteiger partial charge on any atom is -0.550 e. The summed E-state index contributed by atoms with van der Waals surface area (Å²) in [5.74, 6) is -2.47. The number of carboxylic acid groups (broad SMARTS) is 2. The smallest absolute Gasteiger partial charge is 0.0470 e. The molecule has 0 saturated carbocycles. The summed E-state index contributed by atoms with van der Waals surface area (Å²) in [6.07, 6.45) is -0.210. The molecule has 6 heteroatoms. The lowest BCUT2D eigenvalue weighted by Gasteiger charge is -2.25. The lowest BCUT2D eigenvalue weighted by molar-refractivity contribution is -0.319. The van der Waals surface area contributed by atoms with Gasteiger partial charge >= 0.3 is 0 Å². The Kier molecular flexibility index (Phi) is 8.75. The normalized spacial score (nSPS) is 9.38. The molecule has 0 aromatic carbocycles. The van der Waals surface area contributed by atoms with E-state index in [1.165, 1.54) is 13.8 Å². The summed E-state index contributed by atoms with van der Waals surface area (Å²) in [4.78, 5) is 20.3. The topological polar surface area (TPSA) is 153 Å². The SMILES string of the molecule is CC(C)(CCC(=O)[O-])C(=O)[O-].[NH4+].[NH4+]. The summed E-state index contributed by atoms with van der Waals surface area (Å²) < 4.78 is 0. The van der Waals surface area contributed by atoms with Crippen LogP contribution < -0.4 is 22.5 Å². The zero-order chi connectivity index (χ0) is 9.07. The van der Waals surface area contributed by atoms with Crippen LogP contribution in [0.3, 0.4) is 0 Å². The van der Waals surface area contributed by atoms with E-state index in [-0.39, 0.29) is 25.1 Å². The molecule has 0 radical (unpaired) electrons. The molecular formula is C7H18N2O4. The van der Waals surface area contributed by atoms with Gasteiger partial charge in [-0.25, -0.2) is 0 Å². The second-order valence-electron chi connectivity index (χ2n) is 3.04. The van der Waals surface area contributed by atoms with Gasteiger partial charge in [-0.3, -0.25) is 0 Å². The molecule has 0 aliphatic rings. The van der Waals surface area contributed by atoms with Crippen molar-refractivity contribution in [2.45, 2.75) is 26.7 Å². The fourth-order valence-corrected chi connectivity index (χ4v) is 0.517. The zero-order valence-corrected chi connectivity index (χ0v) is 8.55. The van der Waals surface area contributed by atoms with Gasteiger partial charge in [0, 0.05) is 17.4 Å². The Bertz CT molecular complexity index is 179. The molecule has 0 heterocycles. The van der Waals surface area contributed by atoms with Crippen LogP contribution in [-0.2, 0) is 9.59 Å². The zero-order valence-electron chi connectivity index (χ0n) is 8.55. The Balaban J connectivity index is -0.000000500. The van der Waals surface area contributed by atoms with E-state index in [0.717, 1.165) is 0 Å². The van der Waals surface area contributed by atoms with Crippen molar-refractivity contribution in [3.05, 3.63) is 0 Å². The number of hydrogen-bond acceptors (Lipinski definition) is 4. The molecule has 0 bridgehead atoms. The van der Waals surface area contributed by atoms with Crippen LogP contribution in [0, 0.1) is 5.41 Å². The molecule has 0 spiro atoms. The Morgan fingerprint density at radius 1 is 1.15 bits per heavy atom. The number of quaternary nitrogens is 2. The highest BCUT2D eigenvalue weighted by Gasteiger charge is 2.18. The molecule has 80 valence electrons. The van der Waals surface area contributed by atoms with Crippen molar-refractivity contribution in [3.63, 3.8) is 0 Å². The molecule has 0 rings (SSSR count). The van der Waals surface area contributed by atoms with Crippen LogP contribution in [-0.4, -0.2) is 11.9 Å². The van der Waals surface area contributed by atoms with Gasteiger partial charge in [0.1, 0.15) is 0 Å². The van der Waals surface area contributed by atoms with Crippen LogP contribution in [0.25, 0.3) is 0 Å². The summed E-state index contributed by atoms with van der Waals surface area (Å²) in [5.41, 5.74) is -1.08. The molecule has 0 aromatic heterocycles. The molecule has 0 unspecified atom stereocenters. The van der Waals surface area contributed by atoms with Crippen LogP contribution in [0.15, 0.2) is 0 Å². The molecule has 0 fully saturated rings. The fraction of sp³-hybridized carbons (Fsp3) is 0.714. The molecule has 0 atom stereocenters. The number of carbonyl (C=O) groups is 2. The second kappa shape index (κ2) is 6.38. The average molecular weight is 194 g/mol. The highest BCUT2D eigenvalue weighted by Crippen LogP contribution is 2.20. The van der Waals surface area contributed by atoms with E-state index in [4.69, 9.17) is 0 Å². The van der Waals surface area contributed by atoms with Crippen LogP contribution in [0.5, 0.6) is 0 Å². The maximum Gasteiger partial charge on any atom is 0.0470 e. The van der Waals surface area contributed by atoms with Crippen molar-refractivity contribution in [2.24, 2.45) is 5.41 Å². The second-order valence-corrected chi connectivity index (χ2v) is 3.04. The van der Waals surface area contributed by atoms with E-state index in [2.05, 4.69) is 0 Å². The number of rotatable bonds is 4. The van der Waals surface area contributed by atoms with Gasteiger partial charge in [0.15, 0.2) is 0 Å². The molecule has 0 saturated heterocycles. The molecule has 0 aromatic rings. The maximum absolute atomic E-state index is 10.3. The van der Waals surface area contributed by atoms with Crippen molar-refractivity contribution >= 4 is 11.9 Å². The van der Waals surface area contributed by atoms with E-state index in [0.29, 0.717) is 0 Å². The van der Waals surface area contributed by atoms with Gasteiger partial charge in [-0.1, -0.05) is 13.8 Å². The summed E-state index contributed by atoms with van der Waals surface area (Å²) in [6.45, 7) is 2.84. The van der Waals surface area contributed by atoms with Gasteiger partial charge in [-0.2, -0.15) is 0 Å². The van der Waals surface area contributed by atoms with Crippen LogP contribution >= 0.6 is 0 Å². The summed E-state index contributed by atoms with van der Waals surface area (Å²) in [7, 11) is 0. The number of carboxylic acids is 2. The minimum absolute atomic E-state index is 0. The monoisotopic (exact) mass is 194 g/mol. The summed E-state index contributed by atoms with van der Waals surface area (Å²) in [5, 5.41) is 20.3. The van der Waals surface area contributed by atoms with Gasteiger partial charge in [-0.15, -0.1) is 0 Å². The van der Waals surface area contributed by atoms with Gasteiger partial charge in [0.2, 0.25) is 0 Å². The average Bonchev–Trinajstić information content (AvgIpc) is 1.84. The Morgan fingerprint density at radius 2 is 1.54 bits per heavy atom. The summed E-state index contributed by atoms with van der Waals surface area (Å²) in [6, 6.07) is 0. The third kappa shape index (κ3) is 7.23. The van der Waals surface area contributed by atoms with Crippen molar-refractivity contribution in [2.75, 3.05) is 0 Å². The Hall–Kier alpha value is -1.14. The maximum atomic E-state index is 10.3. The minimum atomic E-state index is -1.24. The van der Waals surface area contributed by atoms with E-state index < -0.39 is 17.4 Å². The molecule has 8 N–H and O–H groups in total. The first-order valence-electron chi connectivity index (χ1n) is 3.27. The quantitative estimate of drug-likeness (QED) is 0.591. The van der Waals surface area contributed by atoms with E-state index in [9.17, 15) is 19.8 Å². The van der Waals surface area contributed by atoms with Crippen molar-refractivity contribution in [1.82, 2.24) is 12.3 Å². The molecule has 13 heavy (non-hydrogen) atoms. The van der Waals surface area contributed by atoms with Crippen molar-refractivity contribution in [1.29, 1.82) is 0 Å². The van der Waals surface area contributed by atoms with Crippen molar-refractivity contribution < 1.29 is 19.8 Å². The third-order valence-corrected chi connectivity index (χ3v) is 1.51. The standard InChI is InChI=1S/C7H12O4.2H3N/c1-7(2,6(10)11)4-3-5(8)9;;/h3-4H2,1-2H3,(H,8,9)(H,10,11);2*1H3. The summed E-state index contributed by atoms with van der Waals surface area (Å²) >= 11 is 0. The lowest BCUT2D eigenvalue weighted by atomic mass is 9.88.